The highest BCUT2D eigenvalue weighted by Crippen LogP contribution is 2.41. The van der Waals surface area contributed by atoms with Crippen LogP contribution in [0.25, 0.3) is 0 Å². The SMILES string of the molecule is COc1cc(Sc2ncccn2)cc(OC)c1OC. The fourth-order valence-corrected chi connectivity index (χ4v) is 2.33. The summed E-state index contributed by atoms with van der Waals surface area (Å²) in [5.41, 5.74) is 0. The number of aromatic nitrogens is 2. The fourth-order valence-electron chi connectivity index (χ4n) is 1.56. The first-order chi connectivity index (χ1) is 9.28. The van der Waals surface area contributed by atoms with Crippen molar-refractivity contribution in [3.8, 4) is 17.2 Å². The van der Waals surface area contributed by atoms with Crippen molar-refractivity contribution in [3.05, 3.63) is 30.6 Å². The van der Waals surface area contributed by atoms with Crippen LogP contribution in [0.5, 0.6) is 17.2 Å². The number of hydrogen-bond acceptors (Lipinski definition) is 6. The predicted molar refractivity (Wildman–Crippen MR) is 72.3 cm³/mol. The molecule has 6 heteroatoms. The normalized spacial score (nSPS) is 10.1. The van der Waals surface area contributed by atoms with Gasteiger partial charge in [0.25, 0.3) is 0 Å². The molecule has 0 saturated carbocycles. The highest BCUT2D eigenvalue weighted by Gasteiger charge is 2.14. The van der Waals surface area contributed by atoms with Crippen LogP contribution in [0.1, 0.15) is 0 Å². The van der Waals surface area contributed by atoms with Gasteiger partial charge in [0, 0.05) is 17.3 Å². The molecular weight excluding hydrogens is 264 g/mol. The van der Waals surface area contributed by atoms with E-state index < -0.39 is 0 Å². The van der Waals surface area contributed by atoms with E-state index in [4.69, 9.17) is 14.2 Å². The lowest BCUT2D eigenvalue weighted by Gasteiger charge is -2.13. The van der Waals surface area contributed by atoms with Crippen molar-refractivity contribution in [2.75, 3.05) is 21.3 Å². The molecule has 2 rings (SSSR count). The number of benzene rings is 1. The summed E-state index contributed by atoms with van der Waals surface area (Å²) in [5.74, 6) is 1.80. The van der Waals surface area contributed by atoms with Crippen molar-refractivity contribution < 1.29 is 14.2 Å². The van der Waals surface area contributed by atoms with Gasteiger partial charge in [-0.15, -0.1) is 0 Å². The molecule has 0 aliphatic heterocycles. The van der Waals surface area contributed by atoms with Crippen molar-refractivity contribution in [2.24, 2.45) is 0 Å². The summed E-state index contributed by atoms with van der Waals surface area (Å²) in [4.78, 5) is 9.25. The zero-order chi connectivity index (χ0) is 13.7. The van der Waals surface area contributed by atoms with Crippen molar-refractivity contribution >= 4 is 11.8 Å². The molecule has 19 heavy (non-hydrogen) atoms. The third-order valence-corrected chi connectivity index (χ3v) is 3.25. The van der Waals surface area contributed by atoms with Crippen LogP contribution >= 0.6 is 11.8 Å². The van der Waals surface area contributed by atoms with Gasteiger partial charge in [0.2, 0.25) is 5.75 Å². The van der Waals surface area contributed by atoms with Gasteiger partial charge in [0.1, 0.15) is 0 Å². The van der Waals surface area contributed by atoms with Crippen LogP contribution in [-0.2, 0) is 0 Å². The van der Waals surface area contributed by atoms with Crippen LogP contribution in [0, 0.1) is 0 Å². The van der Waals surface area contributed by atoms with Crippen LogP contribution in [0.4, 0.5) is 0 Å². The first-order valence-corrected chi connectivity index (χ1v) is 6.35. The van der Waals surface area contributed by atoms with Crippen molar-refractivity contribution in [1.29, 1.82) is 0 Å². The Kier molecular flexibility index (Phi) is 4.46. The van der Waals surface area contributed by atoms with E-state index in [1.165, 1.54) is 11.8 Å². The summed E-state index contributed by atoms with van der Waals surface area (Å²) < 4.78 is 15.9. The predicted octanol–water partition coefficient (Wildman–Crippen LogP) is 2.65. The molecule has 0 unspecified atom stereocenters. The first-order valence-electron chi connectivity index (χ1n) is 5.53. The van der Waals surface area contributed by atoms with Crippen molar-refractivity contribution in [1.82, 2.24) is 9.97 Å². The molecule has 0 radical (unpaired) electrons. The van der Waals surface area contributed by atoms with Gasteiger partial charge >= 0.3 is 0 Å². The minimum atomic E-state index is 0.573. The van der Waals surface area contributed by atoms with Gasteiger partial charge in [-0.3, -0.25) is 0 Å². The van der Waals surface area contributed by atoms with E-state index in [0.29, 0.717) is 22.4 Å². The number of ether oxygens (including phenoxy) is 3. The van der Waals surface area contributed by atoms with Gasteiger partial charge in [-0.1, -0.05) is 0 Å². The Morgan fingerprint density at radius 1 is 0.895 bits per heavy atom. The monoisotopic (exact) mass is 278 g/mol. The zero-order valence-electron chi connectivity index (χ0n) is 10.9. The lowest BCUT2D eigenvalue weighted by Crippen LogP contribution is -1.95. The van der Waals surface area contributed by atoms with Crippen molar-refractivity contribution in [2.45, 2.75) is 10.1 Å². The Bertz CT molecular complexity index is 524. The van der Waals surface area contributed by atoms with Gasteiger partial charge in [-0.2, -0.15) is 0 Å². The van der Waals surface area contributed by atoms with E-state index in [2.05, 4.69) is 9.97 Å². The summed E-state index contributed by atoms with van der Waals surface area (Å²) in [6, 6.07) is 5.50. The summed E-state index contributed by atoms with van der Waals surface area (Å²) in [6.45, 7) is 0. The summed E-state index contributed by atoms with van der Waals surface area (Å²) in [6.07, 6.45) is 3.40. The number of rotatable bonds is 5. The molecule has 0 bridgehead atoms. The molecule has 2 aromatic rings. The second-order valence-corrected chi connectivity index (χ2v) is 4.54. The van der Waals surface area contributed by atoms with Gasteiger partial charge in [0.05, 0.1) is 21.3 Å². The first kappa shape index (κ1) is 13.5. The average Bonchev–Trinajstić information content (AvgIpc) is 2.47. The Balaban J connectivity index is 2.36. The van der Waals surface area contributed by atoms with E-state index in [-0.39, 0.29) is 0 Å². The van der Waals surface area contributed by atoms with Gasteiger partial charge < -0.3 is 14.2 Å². The second kappa shape index (κ2) is 6.29. The summed E-state index contributed by atoms with van der Waals surface area (Å²) in [7, 11) is 4.75. The fraction of sp³-hybridized carbons (Fsp3) is 0.231. The maximum absolute atomic E-state index is 5.30. The number of hydrogen-bond donors (Lipinski definition) is 0. The largest absolute Gasteiger partial charge is 0.493 e. The Hall–Kier alpha value is -1.95. The van der Waals surface area contributed by atoms with Crippen LogP contribution in [-0.4, -0.2) is 31.3 Å². The van der Waals surface area contributed by atoms with E-state index in [0.717, 1.165) is 4.90 Å². The molecule has 0 aliphatic rings. The Morgan fingerprint density at radius 3 is 1.95 bits per heavy atom. The lowest BCUT2D eigenvalue weighted by molar-refractivity contribution is 0.323. The molecule has 1 aromatic carbocycles. The topological polar surface area (TPSA) is 53.5 Å². The van der Waals surface area contributed by atoms with E-state index >= 15 is 0 Å². The minimum Gasteiger partial charge on any atom is -0.493 e. The Morgan fingerprint density at radius 2 is 1.47 bits per heavy atom. The quantitative estimate of drug-likeness (QED) is 0.784. The van der Waals surface area contributed by atoms with E-state index in [1.807, 2.05) is 12.1 Å². The molecule has 100 valence electrons. The summed E-state index contributed by atoms with van der Waals surface area (Å²) >= 11 is 1.43. The molecule has 5 nitrogen and oxygen atoms in total. The maximum Gasteiger partial charge on any atom is 0.203 e. The van der Waals surface area contributed by atoms with Crippen molar-refractivity contribution in [3.63, 3.8) is 0 Å². The molecule has 0 N–H and O–H groups in total. The smallest absolute Gasteiger partial charge is 0.203 e. The van der Waals surface area contributed by atoms with Crippen LogP contribution in [0.3, 0.4) is 0 Å². The van der Waals surface area contributed by atoms with Crippen LogP contribution in [0.15, 0.2) is 40.6 Å². The molecule has 0 atom stereocenters. The lowest BCUT2D eigenvalue weighted by atomic mass is 10.3. The zero-order valence-corrected chi connectivity index (χ0v) is 11.7. The molecular formula is C13H14N2O3S. The van der Waals surface area contributed by atoms with Crippen LogP contribution in [0.2, 0.25) is 0 Å². The third kappa shape index (κ3) is 3.08. The van der Waals surface area contributed by atoms with Gasteiger partial charge in [-0.25, -0.2) is 9.97 Å². The molecule has 0 saturated heterocycles. The van der Waals surface area contributed by atoms with Gasteiger partial charge in [0.15, 0.2) is 16.7 Å². The van der Waals surface area contributed by atoms with E-state index in [9.17, 15) is 0 Å². The average molecular weight is 278 g/mol. The highest BCUT2D eigenvalue weighted by atomic mass is 32.2. The molecule has 1 aromatic heterocycles. The third-order valence-electron chi connectivity index (χ3n) is 2.39. The maximum atomic E-state index is 5.30. The second-order valence-electron chi connectivity index (χ2n) is 3.49. The molecule has 0 aliphatic carbocycles. The molecule has 1 heterocycles. The van der Waals surface area contributed by atoms with E-state index in [1.54, 1.807) is 39.8 Å². The minimum absolute atomic E-state index is 0.573. The highest BCUT2D eigenvalue weighted by molar-refractivity contribution is 7.99. The molecule has 0 amide bonds. The summed E-state index contributed by atoms with van der Waals surface area (Å²) in [5, 5.41) is 0.664. The van der Waals surface area contributed by atoms with Crippen LogP contribution < -0.4 is 14.2 Å². The Labute approximate surface area is 115 Å². The number of methoxy groups -OCH3 is 3. The van der Waals surface area contributed by atoms with Gasteiger partial charge in [-0.05, 0) is 30.0 Å². The molecule has 0 spiro atoms. The molecule has 0 fully saturated rings. The number of nitrogens with zero attached hydrogens (tertiary/aromatic N) is 2. The standard InChI is InChI=1S/C13H14N2O3S/c1-16-10-7-9(8-11(17-2)12(10)18-3)19-13-14-5-4-6-15-13/h4-8H,1-3H3.